The van der Waals surface area contributed by atoms with Crippen LogP contribution in [0.1, 0.15) is 25.0 Å². The largest absolute Gasteiger partial charge is 0.326 e. The Morgan fingerprint density at radius 3 is 2.25 bits per heavy atom. The van der Waals surface area contributed by atoms with Gasteiger partial charge in [-0.3, -0.25) is 19.3 Å². The van der Waals surface area contributed by atoms with E-state index in [-0.39, 0.29) is 17.7 Å². The number of nitrogens with one attached hydrogen (secondary N) is 2. The van der Waals surface area contributed by atoms with Crippen LogP contribution in [-0.2, 0) is 14.4 Å². The van der Waals surface area contributed by atoms with Crippen molar-refractivity contribution in [2.75, 3.05) is 15.5 Å². The predicted molar refractivity (Wildman–Crippen MR) is 147 cm³/mol. The number of rotatable bonds is 6. The maximum atomic E-state index is 13.4. The van der Waals surface area contributed by atoms with Gasteiger partial charge in [-0.1, -0.05) is 59.8 Å². The van der Waals surface area contributed by atoms with Crippen LogP contribution in [0.15, 0.2) is 89.6 Å². The first-order valence-corrected chi connectivity index (χ1v) is 12.3. The summed E-state index contributed by atoms with van der Waals surface area (Å²) < 4.78 is 0. The van der Waals surface area contributed by atoms with E-state index in [2.05, 4.69) is 15.6 Å². The molecule has 1 aliphatic rings. The molecule has 1 atom stereocenters. The van der Waals surface area contributed by atoms with E-state index in [4.69, 9.17) is 0 Å². The molecule has 2 N–H and O–H groups in total. The second-order valence-corrected chi connectivity index (χ2v) is 9.63. The SMILES string of the molecule is CC(=O)Nc1ccc(NC(=O)C(C)SC2=N/C(=C/c3cccc(C)c3)C(=O)N2c2ccccc2)cc1. The number of hydrogen-bond donors (Lipinski definition) is 2. The fraction of sp³-hybridized carbons (Fsp3) is 0.143. The first-order valence-electron chi connectivity index (χ1n) is 11.4. The van der Waals surface area contributed by atoms with Crippen LogP contribution in [0.25, 0.3) is 6.08 Å². The van der Waals surface area contributed by atoms with E-state index in [0.717, 1.165) is 11.1 Å². The predicted octanol–water partition coefficient (Wildman–Crippen LogP) is 5.46. The van der Waals surface area contributed by atoms with Crippen molar-refractivity contribution in [2.24, 2.45) is 4.99 Å². The number of hydrogen-bond acceptors (Lipinski definition) is 5. The van der Waals surface area contributed by atoms with Crippen LogP contribution in [-0.4, -0.2) is 28.1 Å². The summed E-state index contributed by atoms with van der Waals surface area (Å²) in [6, 6.07) is 24.0. The molecule has 7 nitrogen and oxygen atoms in total. The summed E-state index contributed by atoms with van der Waals surface area (Å²) in [7, 11) is 0. The minimum atomic E-state index is -0.531. The van der Waals surface area contributed by atoms with Gasteiger partial charge in [-0.2, -0.15) is 0 Å². The van der Waals surface area contributed by atoms with Gasteiger partial charge in [0.25, 0.3) is 5.91 Å². The maximum absolute atomic E-state index is 13.4. The second-order valence-electron chi connectivity index (χ2n) is 8.32. The minimum absolute atomic E-state index is 0.164. The molecular weight excluding hydrogens is 472 g/mol. The highest BCUT2D eigenvalue weighted by Crippen LogP contribution is 2.31. The van der Waals surface area contributed by atoms with Crippen molar-refractivity contribution in [3.8, 4) is 0 Å². The Morgan fingerprint density at radius 2 is 1.61 bits per heavy atom. The highest BCUT2D eigenvalue weighted by atomic mass is 32.2. The molecular formula is C28H26N4O3S. The molecule has 1 unspecified atom stereocenters. The van der Waals surface area contributed by atoms with Crippen molar-refractivity contribution in [1.29, 1.82) is 0 Å². The van der Waals surface area contributed by atoms with E-state index in [1.807, 2.05) is 61.5 Å². The number of anilines is 3. The summed E-state index contributed by atoms with van der Waals surface area (Å²) in [5.41, 5.74) is 4.22. The number of carbonyl (C=O) groups is 3. The van der Waals surface area contributed by atoms with Gasteiger partial charge >= 0.3 is 0 Å². The van der Waals surface area contributed by atoms with Crippen LogP contribution in [0.2, 0.25) is 0 Å². The van der Waals surface area contributed by atoms with Crippen molar-refractivity contribution in [1.82, 2.24) is 0 Å². The summed E-state index contributed by atoms with van der Waals surface area (Å²) in [6.45, 7) is 5.20. The molecule has 1 aliphatic heterocycles. The molecule has 0 bridgehead atoms. The summed E-state index contributed by atoms with van der Waals surface area (Å²) in [5, 5.41) is 5.47. The molecule has 4 rings (SSSR count). The zero-order valence-electron chi connectivity index (χ0n) is 20.2. The van der Waals surface area contributed by atoms with Crippen LogP contribution >= 0.6 is 11.8 Å². The number of nitrogens with zero attached hydrogens (tertiary/aromatic N) is 2. The van der Waals surface area contributed by atoms with Crippen molar-refractivity contribution >= 4 is 57.8 Å². The Balaban J connectivity index is 1.54. The van der Waals surface area contributed by atoms with Crippen molar-refractivity contribution in [3.63, 3.8) is 0 Å². The molecule has 0 radical (unpaired) electrons. The number of amides is 3. The normalized spacial score (nSPS) is 15.0. The quantitative estimate of drug-likeness (QED) is 0.442. The third-order valence-corrected chi connectivity index (χ3v) is 6.37. The molecule has 0 saturated heterocycles. The van der Waals surface area contributed by atoms with Crippen LogP contribution in [0.5, 0.6) is 0 Å². The molecule has 0 spiro atoms. The number of para-hydroxylation sites is 1. The number of aliphatic imine (C=N–C) groups is 1. The Labute approximate surface area is 214 Å². The van der Waals surface area contributed by atoms with Crippen LogP contribution < -0.4 is 15.5 Å². The van der Waals surface area contributed by atoms with E-state index in [1.165, 1.54) is 23.6 Å². The Kier molecular flexibility index (Phi) is 7.65. The molecule has 182 valence electrons. The lowest BCUT2D eigenvalue weighted by molar-refractivity contribution is -0.116. The number of aryl methyl sites for hydroxylation is 1. The topological polar surface area (TPSA) is 90.9 Å². The van der Waals surface area contributed by atoms with Gasteiger partial charge in [-0.05, 0) is 61.9 Å². The average Bonchev–Trinajstić information content (AvgIpc) is 3.14. The first-order chi connectivity index (χ1) is 17.3. The average molecular weight is 499 g/mol. The summed E-state index contributed by atoms with van der Waals surface area (Å²) >= 11 is 1.22. The number of carbonyl (C=O) groups excluding carboxylic acids is 3. The molecule has 0 aromatic heterocycles. The van der Waals surface area contributed by atoms with Gasteiger partial charge in [0.2, 0.25) is 11.8 Å². The molecule has 1 heterocycles. The molecule has 3 aromatic rings. The fourth-order valence-corrected chi connectivity index (χ4v) is 4.52. The van der Waals surface area contributed by atoms with Crippen LogP contribution in [0.3, 0.4) is 0 Å². The smallest absolute Gasteiger partial charge is 0.283 e. The van der Waals surface area contributed by atoms with Gasteiger partial charge < -0.3 is 10.6 Å². The molecule has 3 aromatic carbocycles. The van der Waals surface area contributed by atoms with Crippen LogP contribution in [0, 0.1) is 6.92 Å². The number of benzene rings is 3. The standard InChI is InChI=1S/C28H26N4O3S/c1-18-8-7-9-21(16-18)17-25-27(35)32(24-10-5-4-6-11-24)28(31-25)36-19(2)26(34)30-23-14-12-22(13-15-23)29-20(3)33/h4-17,19H,1-3H3,(H,29,33)(H,30,34)/b25-17+. The molecule has 0 fully saturated rings. The summed E-state index contributed by atoms with van der Waals surface area (Å²) in [4.78, 5) is 43.6. The lowest BCUT2D eigenvalue weighted by Crippen LogP contribution is -2.33. The van der Waals surface area contributed by atoms with Gasteiger partial charge in [0.15, 0.2) is 5.17 Å². The van der Waals surface area contributed by atoms with Gasteiger partial charge in [0.1, 0.15) is 5.70 Å². The lowest BCUT2D eigenvalue weighted by Gasteiger charge is -2.20. The minimum Gasteiger partial charge on any atom is -0.326 e. The third-order valence-electron chi connectivity index (χ3n) is 5.31. The van der Waals surface area contributed by atoms with Crippen LogP contribution in [0.4, 0.5) is 17.1 Å². The zero-order valence-corrected chi connectivity index (χ0v) is 21.0. The van der Waals surface area contributed by atoms with Crippen molar-refractivity contribution < 1.29 is 14.4 Å². The number of thioether (sulfide) groups is 1. The molecule has 0 saturated carbocycles. The van der Waals surface area contributed by atoms with E-state index in [0.29, 0.717) is 27.9 Å². The highest BCUT2D eigenvalue weighted by Gasteiger charge is 2.34. The van der Waals surface area contributed by atoms with Gasteiger partial charge in [-0.25, -0.2) is 4.99 Å². The monoisotopic (exact) mass is 498 g/mol. The molecule has 36 heavy (non-hydrogen) atoms. The second kappa shape index (κ2) is 11.0. The van der Waals surface area contributed by atoms with Gasteiger partial charge in [0.05, 0.1) is 10.9 Å². The summed E-state index contributed by atoms with van der Waals surface area (Å²) in [6.07, 6.45) is 1.76. The van der Waals surface area contributed by atoms with E-state index >= 15 is 0 Å². The molecule has 8 heteroatoms. The Bertz CT molecular complexity index is 1350. The lowest BCUT2D eigenvalue weighted by atomic mass is 10.1. The third kappa shape index (κ3) is 6.09. The Morgan fingerprint density at radius 1 is 0.944 bits per heavy atom. The summed E-state index contributed by atoms with van der Waals surface area (Å²) in [5.74, 6) is -0.639. The Hall–Kier alpha value is -4.17. The van der Waals surface area contributed by atoms with E-state index in [1.54, 1.807) is 37.3 Å². The fourth-order valence-electron chi connectivity index (χ4n) is 3.59. The van der Waals surface area contributed by atoms with Gasteiger partial charge in [-0.15, -0.1) is 0 Å². The van der Waals surface area contributed by atoms with Crippen molar-refractivity contribution in [2.45, 2.75) is 26.0 Å². The van der Waals surface area contributed by atoms with E-state index in [9.17, 15) is 14.4 Å². The highest BCUT2D eigenvalue weighted by molar-refractivity contribution is 8.15. The number of amidine groups is 1. The maximum Gasteiger partial charge on any atom is 0.283 e. The van der Waals surface area contributed by atoms with E-state index < -0.39 is 5.25 Å². The first kappa shape index (κ1) is 24.9. The molecule has 0 aliphatic carbocycles. The van der Waals surface area contributed by atoms with Gasteiger partial charge in [0, 0.05) is 18.3 Å². The van der Waals surface area contributed by atoms with Crippen molar-refractivity contribution in [3.05, 3.63) is 95.7 Å². The molecule has 3 amide bonds. The zero-order chi connectivity index (χ0) is 25.7.